The minimum Gasteiger partial charge on any atom is -0.461 e. The Labute approximate surface area is 173 Å². The Morgan fingerprint density at radius 1 is 1.11 bits per heavy atom. The van der Waals surface area contributed by atoms with Crippen LogP contribution in [0.1, 0.15) is 19.4 Å². The number of ether oxygens (including phenoxy) is 2. The van der Waals surface area contributed by atoms with Crippen LogP contribution in [0.4, 0.5) is 0 Å². The summed E-state index contributed by atoms with van der Waals surface area (Å²) in [5.74, 6) is 0.848. The molecular weight excluding hydrogens is 407 g/mol. The fourth-order valence-electron chi connectivity index (χ4n) is 3.16. The second-order valence-corrected chi connectivity index (χ2v) is 8.54. The zero-order valence-corrected chi connectivity index (χ0v) is 17.2. The second kappa shape index (κ2) is 8.14. The van der Waals surface area contributed by atoms with Gasteiger partial charge in [-0.2, -0.15) is 0 Å². The Kier molecular flexibility index (Phi) is 6.05. The summed E-state index contributed by atoms with van der Waals surface area (Å²) in [6, 6.07) is 14.5. The van der Waals surface area contributed by atoms with Crippen LogP contribution in [-0.4, -0.2) is 5.97 Å². The number of halogens is 3. The highest BCUT2D eigenvalue weighted by Gasteiger charge is 2.61. The number of esters is 1. The third-order valence-corrected chi connectivity index (χ3v) is 5.30. The molecule has 1 saturated carbocycles. The van der Waals surface area contributed by atoms with Crippen molar-refractivity contribution in [3.63, 3.8) is 0 Å². The van der Waals surface area contributed by atoms with Crippen molar-refractivity contribution in [2.75, 3.05) is 0 Å². The van der Waals surface area contributed by atoms with Gasteiger partial charge < -0.3 is 9.47 Å². The van der Waals surface area contributed by atoms with E-state index in [0.717, 1.165) is 5.56 Å². The number of carbonyl (C=O) groups is 1. The van der Waals surface area contributed by atoms with Crippen molar-refractivity contribution in [2.24, 2.45) is 17.3 Å². The van der Waals surface area contributed by atoms with Gasteiger partial charge in [0.15, 0.2) is 0 Å². The quantitative estimate of drug-likeness (QED) is 0.479. The molecule has 2 aromatic carbocycles. The number of allylic oxidation sites excluding steroid dienone is 1. The molecular formula is C21H19Cl3O3. The molecule has 6 heteroatoms. The van der Waals surface area contributed by atoms with Crippen LogP contribution in [0.5, 0.6) is 11.5 Å². The Morgan fingerprint density at radius 3 is 2.48 bits per heavy atom. The topological polar surface area (TPSA) is 35.5 Å². The van der Waals surface area contributed by atoms with Gasteiger partial charge in [0.2, 0.25) is 0 Å². The molecule has 0 radical (unpaired) electrons. The molecule has 0 amide bonds. The van der Waals surface area contributed by atoms with Crippen LogP contribution >= 0.6 is 34.8 Å². The molecule has 2 aromatic rings. The van der Waals surface area contributed by atoms with E-state index in [1.165, 1.54) is 0 Å². The van der Waals surface area contributed by atoms with E-state index in [1.807, 2.05) is 38.1 Å². The predicted molar refractivity (Wildman–Crippen MR) is 108 cm³/mol. The lowest BCUT2D eigenvalue weighted by molar-refractivity contribution is -0.147. The molecule has 1 aliphatic rings. The maximum absolute atomic E-state index is 12.4. The van der Waals surface area contributed by atoms with Crippen molar-refractivity contribution in [3.8, 4) is 11.5 Å². The van der Waals surface area contributed by atoms with Crippen LogP contribution in [0.2, 0.25) is 5.02 Å². The number of benzene rings is 2. The van der Waals surface area contributed by atoms with Crippen molar-refractivity contribution in [1.29, 1.82) is 0 Å². The summed E-state index contributed by atoms with van der Waals surface area (Å²) in [5.41, 5.74) is 0.641. The van der Waals surface area contributed by atoms with Crippen LogP contribution < -0.4 is 4.74 Å². The summed E-state index contributed by atoms with van der Waals surface area (Å²) in [6.07, 6.45) is 1.70. The van der Waals surface area contributed by atoms with Crippen molar-refractivity contribution >= 4 is 40.8 Å². The van der Waals surface area contributed by atoms with E-state index in [0.29, 0.717) is 16.5 Å². The third-order valence-electron chi connectivity index (χ3n) is 4.80. The van der Waals surface area contributed by atoms with E-state index in [-0.39, 0.29) is 34.3 Å². The first kappa shape index (κ1) is 20.1. The van der Waals surface area contributed by atoms with Crippen LogP contribution in [-0.2, 0) is 16.1 Å². The number of hydrogen-bond acceptors (Lipinski definition) is 3. The monoisotopic (exact) mass is 424 g/mol. The lowest BCUT2D eigenvalue weighted by Crippen LogP contribution is -2.10. The SMILES string of the molecule is CC1(C)[C@H](C=C(Cl)Cl)[C@H]1C(=O)OCc1cccc(Oc2ccc(Cl)cc2)c1. The van der Waals surface area contributed by atoms with Crippen molar-refractivity contribution in [2.45, 2.75) is 20.5 Å². The normalized spacial score (nSPS) is 19.9. The van der Waals surface area contributed by atoms with E-state index in [2.05, 4.69) is 0 Å². The summed E-state index contributed by atoms with van der Waals surface area (Å²) in [5, 5.41) is 0.648. The van der Waals surface area contributed by atoms with Gasteiger partial charge in [0, 0.05) is 5.02 Å². The molecule has 0 bridgehead atoms. The molecule has 3 rings (SSSR count). The molecule has 1 fully saturated rings. The van der Waals surface area contributed by atoms with Crippen LogP contribution in [0, 0.1) is 17.3 Å². The molecule has 0 heterocycles. The lowest BCUT2D eigenvalue weighted by atomic mass is 10.1. The zero-order chi connectivity index (χ0) is 19.6. The van der Waals surface area contributed by atoms with Gasteiger partial charge in [0.05, 0.1) is 5.92 Å². The minimum atomic E-state index is -0.250. The highest BCUT2D eigenvalue weighted by molar-refractivity contribution is 6.55. The standard InChI is InChI=1S/C21H19Cl3O3/c1-21(2)17(11-18(23)24)19(21)20(25)26-12-13-4-3-5-16(10-13)27-15-8-6-14(22)7-9-15/h3-11,17,19H,12H2,1-2H3/t17-,19+/m1/s1. The summed E-state index contributed by atoms with van der Waals surface area (Å²) >= 11 is 17.3. The van der Waals surface area contributed by atoms with E-state index < -0.39 is 0 Å². The molecule has 0 aliphatic heterocycles. The Morgan fingerprint density at radius 2 is 1.81 bits per heavy atom. The molecule has 0 aromatic heterocycles. The van der Waals surface area contributed by atoms with E-state index in [9.17, 15) is 4.79 Å². The number of carbonyl (C=O) groups excluding carboxylic acids is 1. The summed E-state index contributed by atoms with van der Waals surface area (Å²) in [7, 11) is 0. The first-order valence-electron chi connectivity index (χ1n) is 8.49. The van der Waals surface area contributed by atoms with E-state index >= 15 is 0 Å². The maximum Gasteiger partial charge on any atom is 0.310 e. The van der Waals surface area contributed by atoms with Crippen molar-refractivity contribution in [1.82, 2.24) is 0 Å². The third kappa shape index (κ3) is 4.98. The molecule has 0 unspecified atom stereocenters. The highest BCUT2D eigenvalue weighted by atomic mass is 35.5. The number of hydrogen-bond donors (Lipinski definition) is 0. The Hall–Kier alpha value is -1.68. The lowest BCUT2D eigenvalue weighted by Gasteiger charge is -2.09. The summed E-state index contributed by atoms with van der Waals surface area (Å²) in [6.45, 7) is 4.17. The summed E-state index contributed by atoms with van der Waals surface area (Å²) < 4.78 is 11.5. The van der Waals surface area contributed by atoms with Crippen LogP contribution in [0.15, 0.2) is 59.1 Å². The Balaban J connectivity index is 1.59. The average Bonchev–Trinajstić information content (AvgIpc) is 3.14. The van der Waals surface area contributed by atoms with Gasteiger partial charge in [0.1, 0.15) is 22.6 Å². The average molecular weight is 426 g/mol. The van der Waals surface area contributed by atoms with Gasteiger partial charge >= 0.3 is 5.97 Å². The van der Waals surface area contributed by atoms with E-state index in [1.54, 1.807) is 30.3 Å². The van der Waals surface area contributed by atoms with Gasteiger partial charge in [-0.3, -0.25) is 4.79 Å². The predicted octanol–water partition coefficient (Wildman–Crippen LogP) is 6.77. The number of rotatable bonds is 6. The molecule has 27 heavy (non-hydrogen) atoms. The minimum absolute atomic E-state index is 0.00503. The van der Waals surface area contributed by atoms with Crippen molar-refractivity contribution in [3.05, 3.63) is 69.7 Å². The van der Waals surface area contributed by atoms with E-state index in [4.69, 9.17) is 44.3 Å². The van der Waals surface area contributed by atoms with Gasteiger partial charge in [-0.05, 0) is 59.4 Å². The second-order valence-electron chi connectivity index (χ2n) is 7.09. The highest BCUT2D eigenvalue weighted by Crippen LogP contribution is 2.60. The Bertz CT molecular complexity index is 855. The first-order chi connectivity index (χ1) is 12.8. The molecule has 3 nitrogen and oxygen atoms in total. The van der Waals surface area contributed by atoms with Gasteiger partial charge in [0.25, 0.3) is 0 Å². The first-order valence-corrected chi connectivity index (χ1v) is 9.62. The maximum atomic E-state index is 12.4. The molecule has 2 atom stereocenters. The van der Waals surface area contributed by atoms with Crippen molar-refractivity contribution < 1.29 is 14.3 Å². The molecule has 1 aliphatic carbocycles. The fraction of sp³-hybridized carbons (Fsp3) is 0.286. The summed E-state index contributed by atoms with van der Waals surface area (Å²) in [4.78, 5) is 12.4. The zero-order valence-electron chi connectivity index (χ0n) is 14.9. The largest absolute Gasteiger partial charge is 0.461 e. The molecule has 0 spiro atoms. The van der Waals surface area contributed by atoms with Gasteiger partial charge in [-0.25, -0.2) is 0 Å². The molecule has 0 saturated heterocycles. The van der Waals surface area contributed by atoms with Gasteiger partial charge in [-0.1, -0.05) is 60.8 Å². The molecule has 0 N–H and O–H groups in total. The fourth-order valence-corrected chi connectivity index (χ4v) is 3.55. The van der Waals surface area contributed by atoms with Gasteiger partial charge in [-0.15, -0.1) is 0 Å². The van der Waals surface area contributed by atoms with Crippen LogP contribution in [0.25, 0.3) is 0 Å². The van der Waals surface area contributed by atoms with Crippen LogP contribution in [0.3, 0.4) is 0 Å². The molecule has 142 valence electrons. The smallest absolute Gasteiger partial charge is 0.310 e.